The second-order valence-corrected chi connectivity index (χ2v) is 6.95. The Morgan fingerprint density at radius 2 is 1.64 bits per heavy atom. The number of amides is 1. The highest BCUT2D eigenvalue weighted by Gasteiger charge is 2.30. The first-order valence-corrected chi connectivity index (χ1v) is 9.47. The number of nitrogens with one attached hydrogen (secondary N) is 1. The van der Waals surface area contributed by atoms with E-state index in [0.29, 0.717) is 30.6 Å². The summed E-state index contributed by atoms with van der Waals surface area (Å²) in [6, 6.07) is 14.2. The predicted octanol–water partition coefficient (Wildman–Crippen LogP) is 2.99. The first-order chi connectivity index (χ1) is 13.6. The minimum absolute atomic E-state index is 0.0233. The fraction of sp³-hybridized carbons (Fsp3) is 0.409. The molecule has 0 aliphatic heterocycles. The van der Waals surface area contributed by atoms with Gasteiger partial charge >= 0.3 is 0 Å². The number of nitrogens with zero attached hydrogens (tertiary/aromatic N) is 1. The van der Waals surface area contributed by atoms with Gasteiger partial charge < -0.3 is 19.5 Å². The van der Waals surface area contributed by atoms with E-state index >= 15 is 0 Å². The molecule has 0 spiro atoms. The van der Waals surface area contributed by atoms with E-state index in [-0.39, 0.29) is 5.91 Å². The third-order valence-electron chi connectivity index (χ3n) is 4.89. The second-order valence-electron chi connectivity index (χ2n) is 6.95. The van der Waals surface area contributed by atoms with Crippen LogP contribution in [0.5, 0.6) is 17.2 Å². The molecule has 1 amide bonds. The molecule has 1 aliphatic carbocycles. The largest absolute Gasteiger partial charge is 0.497 e. The fourth-order valence-electron chi connectivity index (χ4n) is 3.15. The SMILES string of the molecule is COc1ccc(CN(CC(=O)NCc2ccc(OC)c(OC)c2)C2CC2)cc1. The van der Waals surface area contributed by atoms with E-state index in [1.54, 1.807) is 21.3 Å². The number of methoxy groups -OCH3 is 3. The van der Waals surface area contributed by atoms with Crippen LogP contribution in [0.3, 0.4) is 0 Å². The van der Waals surface area contributed by atoms with Crippen molar-refractivity contribution in [2.24, 2.45) is 0 Å². The Hall–Kier alpha value is -2.73. The molecule has 6 heteroatoms. The molecule has 28 heavy (non-hydrogen) atoms. The van der Waals surface area contributed by atoms with E-state index in [1.807, 2.05) is 30.3 Å². The second kappa shape index (κ2) is 9.46. The van der Waals surface area contributed by atoms with E-state index in [9.17, 15) is 4.79 Å². The lowest BCUT2D eigenvalue weighted by Crippen LogP contribution is -2.37. The van der Waals surface area contributed by atoms with Crippen molar-refractivity contribution in [3.05, 3.63) is 53.6 Å². The summed E-state index contributed by atoms with van der Waals surface area (Å²) >= 11 is 0. The zero-order chi connectivity index (χ0) is 19.9. The molecule has 0 saturated heterocycles. The maximum atomic E-state index is 12.5. The van der Waals surface area contributed by atoms with Crippen LogP contribution < -0.4 is 19.5 Å². The molecule has 1 saturated carbocycles. The lowest BCUT2D eigenvalue weighted by molar-refractivity contribution is -0.122. The summed E-state index contributed by atoms with van der Waals surface area (Å²) < 4.78 is 15.8. The van der Waals surface area contributed by atoms with Crippen LogP contribution in [0.4, 0.5) is 0 Å². The Bertz CT molecular complexity index is 788. The number of carbonyl (C=O) groups excluding carboxylic acids is 1. The number of hydrogen-bond acceptors (Lipinski definition) is 5. The van der Waals surface area contributed by atoms with Crippen LogP contribution in [0.25, 0.3) is 0 Å². The number of carbonyl (C=O) groups is 1. The molecule has 6 nitrogen and oxygen atoms in total. The molecule has 1 fully saturated rings. The van der Waals surface area contributed by atoms with Crippen molar-refractivity contribution in [1.29, 1.82) is 0 Å². The zero-order valence-corrected chi connectivity index (χ0v) is 16.7. The van der Waals surface area contributed by atoms with E-state index in [1.165, 1.54) is 5.56 Å². The van der Waals surface area contributed by atoms with Gasteiger partial charge in [-0.05, 0) is 48.2 Å². The molecule has 3 rings (SSSR count). The highest BCUT2D eigenvalue weighted by Crippen LogP contribution is 2.29. The first kappa shape index (κ1) is 20.0. The molecule has 1 N–H and O–H groups in total. The van der Waals surface area contributed by atoms with Crippen LogP contribution in [0.1, 0.15) is 24.0 Å². The van der Waals surface area contributed by atoms with Crippen molar-refractivity contribution in [2.75, 3.05) is 27.9 Å². The maximum Gasteiger partial charge on any atom is 0.234 e. The van der Waals surface area contributed by atoms with Crippen LogP contribution in [-0.4, -0.2) is 44.7 Å². The van der Waals surface area contributed by atoms with Gasteiger partial charge in [0.2, 0.25) is 5.91 Å². The average molecular weight is 384 g/mol. The van der Waals surface area contributed by atoms with Crippen molar-refractivity contribution < 1.29 is 19.0 Å². The van der Waals surface area contributed by atoms with Gasteiger partial charge in [-0.25, -0.2) is 0 Å². The lowest BCUT2D eigenvalue weighted by atomic mass is 10.2. The van der Waals surface area contributed by atoms with Crippen molar-refractivity contribution >= 4 is 5.91 Å². The summed E-state index contributed by atoms with van der Waals surface area (Å²) in [4.78, 5) is 14.7. The minimum atomic E-state index is 0.0233. The molecule has 150 valence electrons. The highest BCUT2D eigenvalue weighted by atomic mass is 16.5. The van der Waals surface area contributed by atoms with Gasteiger partial charge in [0.05, 0.1) is 27.9 Å². The van der Waals surface area contributed by atoms with Gasteiger partial charge in [-0.1, -0.05) is 18.2 Å². The predicted molar refractivity (Wildman–Crippen MR) is 108 cm³/mol. The van der Waals surface area contributed by atoms with Gasteiger partial charge in [0.25, 0.3) is 0 Å². The molecular weight excluding hydrogens is 356 g/mol. The summed E-state index contributed by atoms with van der Waals surface area (Å²) in [5.41, 5.74) is 2.15. The van der Waals surface area contributed by atoms with Crippen LogP contribution in [0.15, 0.2) is 42.5 Å². The van der Waals surface area contributed by atoms with Gasteiger partial charge in [-0.2, -0.15) is 0 Å². The van der Waals surface area contributed by atoms with Crippen LogP contribution in [0, 0.1) is 0 Å². The monoisotopic (exact) mass is 384 g/mol. The fourth-order valence-corrected chi connectivity index (χ4v) is 3.15. The lowest BCUT2D eigenvalue weighted by Gasteiger charge is -2.21. The van der Waals surface area contributed by atoms with Gasteiger partial charge in [0.15, 0.2) is 11.5 Å². The Balaban J connectivity index is 1.54. The topological polar surface area (TPSA) is 60.0 Å². The summed E-state index contributed by atoms with van der Waals surface area (Å²) in [5.74, 6) is 2.20. The van der Waals surface area contributed by atoms with E-state index in [2.05, 4.69) is 22.3 Å². The molecule has 0 unspecified atom stereocenters. The van der Waals surface area contributed by atoms with Gasteiger partial charge in [0, 0.05) is 19.1 Å². The summed E-state index contributed by atoms with van der Waals surface area (Å²) in [6.07, 6.45) is 2.30. The standard InChI is InChI=1S/C22H28N2O4/c1-26-19-9-4-16(5-10-19)14-24(18-7-8-18)15-22(25)23-13-17-6-11-20(27-2)21(12-17)28-3/h4-6,9-12,18H,7-8,13-15H2,1-3H3,(H,23,25). The van der Waals surface area contributed by atoms with Gasteiger partial charge in [-0.3, -0.25) is 9.69 Å². The molecule has 0 atom stereocenters. The van der Waals surface area contributed by atoms with E-state index < -0.39 is 0 Å². The van der Waals surface area contributed by atoms with E-state index in [0.717, 1.165) is 30.7 Å². The number of hydrogen-bond donors (Lipinski definition) is 1. The molecule has 2 aromatic carbocycles. The number of ether oxygens (including phenoxy) is 3. The van der Waals surface area contributed by atoms with Crippen molar-refractivity contribution in [1.82, 2.24) is 10.2 Å². The number of rotatable bonds is 10. The van der Waals surface area contributed by atoms with Gasteiger partial charge in [0.1, 0.15) is 5.75 Å². The quantitative estimate of drug-likeness (QED) is 0.682. The summed E-state index contributed by atoms with van der Waals surface area (Å²) in [5, 5.41) is 3.01. The van der Waals surface area contributed by atoms with Crippen LogP contribution in [0.2, 0.25) is 0 Å². The van der Waals surface area contributed by atoms with E-state index in [4.69, 9.17) is 14.2 Å². The van der Waals surface area contributed by atoms with Gasteiger partial charge in [-0.15, -0.1) is 0 Å². The zero-order valence-electron chi connectivity index (χ0n) is 16.7. The van der Waals surface area contributed by atoms with Crippen LogP contribution >= 0.6 is 0 Å². The first-order valence-electron chi connectivity index (χ1n) is 9.47. The molecule has 0 heterocycles. The normalized spacial score (nSPS) is 13.3. The summed E-state index contributed by atoms with van der Waals surface area (Å²) in [7, 11) is 4.87. The van der Waals surface area contributed by atoms with Crippen molar-refractivity contribution in [3.8, 4) is 17.2 Å². The molecule has 0 radical (unpaired) electrons. The Morgan fingerprint density at radius 3 is 2.25 bits per heavy atom. The molecule has 0 bridgehead atoms. The maximum absolute atomic E-state index is 12.5. The van der Waals surface area contributed by atoms with Crippen molar-refractivity contribution in [3.63, 3.8) is 0 Å². The third-order valence-corrected chi connectivity index (χ3v) is 4.89. The summed E-state index contributed by atoms with van der Waals surface area (Å²) in [6.45, 7) is 1.61. The van der Waals surface area contributed by atoms with Crippen LogP contribution in [-0.2, 0) is 17.9 Å². The third kappa shape index (κ3) is 5.39. The Labute approximate surface area is 166 Å². The minimum Gasteiger partial charge on any atom is -0.497 e. The van der Waals surface area contributed by atoms with Crippen molar-refractivity contribution in [2.45, 2.75) is 32.0 Å². The molecule has 2 aromatic rings. The molecule has 0 aromatic heterocycles. The average Bonchev–Trinajstić information content (AvgIpc) is 3.57. The smallest absolute Gasteiger partial charge is 0.234 e. The Kier molecular flexibility index (Phi) is 6.76. The molecular formula is C22H28N2O4. The molecule has 1 aliphatic rings. The number of benzene rings is 2. The Morgan fingerprint density at radius 1 is 0.964 bits per heavy atom. The highest BCUT2D eigenvalue weighted by molar-refractivity contribution is 5.78.